The maximum Gasteiger partial charge on any atom is 0.404 e. The van der Waals surface area contributed by atoms with Gasteiger partial charge in [0.2, 0.25) is 15.0 Å². The molecule has 1 saturated heterocycles. The minimum Gasteiger partial charge on any atom is -0.460 e. The van der Waals surface area contributed by atoms with E-state index in [9.17, 15) is 26.4 Å². The molecule has 10 nitrogen and oxygen atoms in total. The average molecular weight is 581 g/mol. The lowest BCUT2D eigenvalue weighted by Crippen LogP contribution is -2.38. The van der Waals surface area contributed by atoms with Crippen LogP contribution >= 0.6 is 11.3 Å². The average Bonchev–Trinajstić information content (AvgIpc) is 3.31. The van der Waals surface area contributed by atoms with Crippen LogP contribution < -0.4 is 4.72 Å². The zero-order valence-electron chi connectivity index (χ0n) is 22.0. The van der Waals surface area contributed by atoms with Crippen molar-refractivity contribution in [1.29, 1.82) is 0 Å². The molecule has 1 N–H and O–H groups in total. The fraction of sp³-hybridized carbons (Fsp3) is 0.696. The first-order valence-electron chi connectivity index (χ1n) is 12.6. The molecule has 1 aromatic rings. The Bertz CT molecular complexity index is 1130. The molecule has 0 bridgehead atoms. The van der Waals surface area contributed by atoms with Gasteiger partial charge in [0, 0.05) is 18.3 Å². The quantitative estimate of drug-likeness (QED) is 0.176. The van der Waals surface area contributed by atoms with Crippen molar-refractivity contribution < 1.29 is 31.1 Å². The molecular weight excluding hydrogens is 545 g/mol. The number of hydrogen-bond donors (Lipinski definition) is 1. The maximum atomic E-state index is 12.9. The summed E-state index contributed by atoms with van der Waals surface area (Å²) in [6.45, 7) is 8.51. The molecule has 0 unspecified atom stereocenters. The molecule has 0 amide bonds. The van der Waals surface area contributed by atoms with Gasteiger partial charge < -0.3 is 9.64 Å². The van der Waals surface area contributed by atoms with Crippen molar-refractivity contribution in [3.05, 3.63) is 28.2 Å². The number of carbonyl (C=O) groups is 1. The molecule has 0 atom stereocenters. The van der Waals surface area contributed by atoms with Gasteiger partial charge in [-0.05, 0) is 51.5 Å². The van der Waals surface area contributed by atoms with E-state index >= 15 is 0 Å². The van der Waals surface area contributed by atoms with Gasteiger partial charge in [-0.1, -0.05) is 38.5 Å². The van der Waals surface area contributed by atoms with Crippen LogP contribution in [0.2, 0.25) is 0 Å². The molecule has 0 aromatic carbocycles. The Morgan fingerprint density at radius 2 is 1.95 bits per heavy atom. The number of piperidine rings is 1. The number of ether oxygens (including phenoxy) is 1. The van der Waals surface area contributed by atoms with E-state index in [4.69, 9.17) is 4.74 Å². The normalized spacial score (nSPS) is 16.8. The highest BCUT2D eigenvalue weighted by molar-refractivity contribution is 7.89. The topological polar surface area (TPSA) is 126 Å². The van der Waals surface area contributed by atoms with Gasteiger partial charge in [0.05, 0.1) is 18.0 Å². The molecule has 0 radical (unpaired) electrons. The SMILES string of the molecule is CCCCOC(=O)c1nnc(N=N/C(C)=C(/C=C2\CCCCN2C(CC)CC)NS(=O)(=O)CC(F)(F)F)s1. The molecule has 38 heavy (non-hydrogen) atoms. The largest absolute Gasteiger partial charge is 0.460 e. The minimum absolute atomic E-state index is 0.00765. The van der Waals surface area contributed by atoms with Gasteiger partial charge in [-0.3, -0.25) is 4.72 Å². The van der Waals surface area contributed by atoms with E-state index in [0.29, 0.717) is 12.8 Å². The summed E-state index contributed by atoms with van der Waals surface area (Å²) in [5, 5.41) is 15.4. The Kier molecular flexibility index (Phi) is 12.1. The molecule has 2 rings (SSSR count). The Morgan fingerprint density at radius 1 is 1.24 bits per heavy atom. The van der Waals surface area contributed by atoms with E-state index in [1.807, 2.05) is 11.6 Å². The summed E-state index contributed by atoms with van der Waals surface area (Å²) in [6, 6.07) is 0.216. The number of allylic oxidation sites excluding steroid dienone is 3. The van der Waals surface area contributed by atoms with Gasteiger partial charge in [-0.15, -0.1) is 15.3 Å². The smallest absolute Gasteiger partial charge is 0.404 e. The van der Waals surface area contributed by atoms with E-state index in [-0.39, 0.29) is 34.2 Å². The van der Waals surface area contributed by atoms with Crippen molar-refractivity contribution in [3.8, 4) is 0 Å². The molecular formula is C23H35F3N6O4S2. The van der Waals surface area contributed by atoms with E-state index in [2.05, 4.69) is 39.2 Å². The van der Waals surface area contributed by atoms with E-state index in [1.165, 1.54) is 13.0 Å². The van der Waals surface area contributed by atoms with Crippen LogP contribution in [-0.2, 0) is 14.8 Å². The fourth-order valence-electron chi connectivity index (χ4n) is 3.85. The van der Waals surface area contributed by atoms with Gasteiger partial charge in [0.25, 0.3) is 5.13 Å². The number of rotatable bonds is 13. The number of carbonyl (C=O) groups excluding carboxylic acids is 1. The summed E-state index contributed by atoms with van der Waals surface area (Å²) >= 11 is 0.829. The number of hydrogen-bond acceptors (Lipinski definition) is 10. The van der Waals surface area contributed by atoms with Crippen molar-refractivity contribution in [2.24, 2.45) is 10.2 Å². The number of aromatic nitrogens is 2. The Morgan fingerprint density at radius 3 is 2.58 bits per heavy atom. The molecule has 1 aliphatic rings. The summed E-state index contributed by atoms with van der Waals surface area (Å²) in [5.41, 5.74) is 0.729. The fourth-order valence-corrected chi connectivity index (χ4v) is 5.46. The summed E-state index contributed by atoms with van der Waals surface area (Å²) in [7, 11) is -4.77. The monoisotopic (exact) mass is 580 g/mol. The molecule has 1 aromatic heterocycles. The number of nitrogens with zero attached hydrogens (tertiary/aromatic N) is 5. The lowest BCUT2D eigenvalue weighted by molar-refractivity contribution is -0.106. The van der Waals surface area contributed by atoms with Crippen LogP contribution in [0.4, 0.5) is 18.3 Å². The van der Waals surface area contributed by atoms with E-state index in [0.717, 1.165) is 55.7 Å². The molecule has 0 spiro atoms. The number of likely N-dealkylation sites (tertiary alicyclic amines) is 1. The molecule has 214 valence electrons. The van der Waals surface area contributed by atoms with Gasteiger partial charge in [-0.25, -0.2) is 13.2 Å². The third kappa shape index (κ3) is 10.3. The first-order chi connectivity index (χ1) is 17.9. The number of sulfonamides is 1. The third-order valence-electron chi connectivity index (χ3n) is 5.76. The van der Waals surface area contributed by atoms with Crippen molar-refractivity contribution >= 4 is 32.5 Å². The first kappa shape index (κ1) is 31.7. The van der Waals surface area contributed by atoms with Gasteiger partial charge in [0.1, 0.15) is 0 Å². The first-order valence-corrected chi connectivity index (χ1v) is 15.0. The number of nitrogens with one attached hydrogen (secondary N) is 1. The number of halogens is 3. The lowest BCUT2D eigenvalue weighted by Gasteiger charge is -2.38. The lowest BCUT2D eigenvalue weighted by atomic mass is 10.0. The van der Waals surface area contributed by atoms with Gasteiger partial charge in [-0.2, -0.15) is 18.3 Å². The Hall–Kier alpha value is -2.55. The second-order valence-electron chi connectivity index (χ2n) is 8.81. The summed E-state index contributed by atoms with van der Waals surface area (Å²) < 4.78 is 70.5. The summed E-state index contributed by atoms with van der Waals surface area (Å²) in [6.07, 6.45) is 2.39. The summed E-state index contributed by atoms with van der Waals surface area (Å²) in [5.74, 6) is -2.68. The molecule has 2 heterocycles. The van der Waals surface area contributed by atoms with Crippen LogP contribution in [0.1, 0.15) is 82.4 Å². The predicted octanol–water partition coefficient (Wildman–Crippen LogP) is 5.85. The van der Waals surface area contributed by atoms with Crippen molar-refractivity contribution in [2.75, 3.05) is 18.9 Å². The van der Waals surface area contributed by atoms with E-state index < -0.39 is 27.9 Å². The molecule has 1 aliphatic heterocycles. The second kappa shape index (κ2) is 14.6. The van der Waals surface area contributed by atoms with Crippen molar-refractivity contribution in [2.45, 2.75) is 84.9 Å². The number of azo groups is 1. The van der Waals surface area contributed by atoms with E-state index in [1.54, 1.807) is 0 Å². The Labute approximate surface area is 225 Å². The van der Waals surface area contributed by atoms with Crippen molar-refractivity contribution in [3.63, 3.8) is 0 Å². The second-order valence-corrected chi connectivity index (χ2v) is 11.5. The van der Waals surface area contributed by atoms with Crippen LogP contribution in [0.5, 0.6) is 0 Å². The van der Waals surface area contributed by atoms with Crippen LogP contribution in [-0.4, -0.2) is 60.6 Å². The van der Waals surface area contributed by atoms with Crippen LogP contribution in [0, 0.1) is 0 Å². The minimum atomic E-state index is -4.92. The highest BCUT2D eigenvalue weighted by atomic mass is 32.2. The number of unbranched alkanes of at least 4 members (excludes halogenated alkanes) is 1. The Balaban J connectivity index is 2.40. The number of alkyl halides is 3. The number of esters is 1. The molecule has 15 heteroatoms. The molecule has 0 aliphatic carbocycles. The molecule has 0 saturated carbocycles. The van der Waals surface area contributed by atoms with Crippen molar-refractivity contribution in [1.82, 2.24) is 19.8 Å². The van der Waals surface area contributed by atoms with Crippen LogP contribution in [0.15, 0.2) is 33.4 Å². The molecule has 1 fully saturated rings. The standard InChI is InChI=1S/C23H35F3N6O4S2/c1-5-8-13-36-21(33)20-28-30-22(37-20)29-27-16(4)19(31-38(34,35)15-23(24,25)26)14-18-11-9-10-12-32(18)17(6-2)7-3/h14,17,31H,5-13,15H2,1-4H3/b18-14+,19-16-,29-27?. The third-order valence-corrected chi connectivity index (χ3v) is 7.79. The zero-order valence-corrected chi connectivity index (χ0v) is 23.7. The predicted molar refractivity (Wildman–Crippen MR) is 138 cm³/mol. The van der Waals surface area contributed by atoms with Crippen LogP contribution in [0.3, 0.4) is 0 Å². The summed E-state index contributed by atoms with van der Waals surface area (Å²) in [4.78, 5) is 14.2. The highest BCUT2D eigenvalue weighted by Crippen LogP contribution is 2.28. The van der Waals surface area contributed by atoms with Gasteiger partial charge >= 0.3 is 12.1 Å². The zero-order chi connectivity index (χ0) is 28.3. The van der Waals surface area contributed by atoms with Gasteiger partial charge in [0.15, 0.2) is 5.75 Å². The highest BCUT2D eigenvalue weighted by Gasteiger charge is 2.35. The maximum absolute atomic E-state index is 12.9. The van der Waals surface area contributed by atoms with Crippen LogP contribution in [0.25, 0.3) is 0 Å².